The molecule has 2 unspecified atom stereocenters. The molecule has 0 radical (unpaired) electrons. The van der Waals surface area contributed by atoms with Crippen LogP contribution >= 0.6 is 0 Å². The van der Waals surface area contributed by atoms with Crippen molar-refractivity contribution in [2.75, 3.05) is 13.1 Å². The zero-order valence-corrected chi connectivity index (χ0v) is 10.8. The van der Waals surface area contributed by atoms with Crippen molar-refractivity contribution in [2.45, 2.75) is 58.2 Å². The van der Waals surface area contributed by atoms with Crippen molar-refractivity contribution in [3.63, 3.8) is 0 Å². The van der Waals surface area contributed by atoms with Crippen molar-refractivity contribution in [1.29, 1.82) is 0 Å². The Bertz CT molecular complexity index is 248. The Hall–Kier alpha value is -0.610. The molecule has 0 aromatic carbocycles. The molecule has 4 heteroatoms. The lowest BCUT2D eigenvalue weighted by molar-refractivity contribution is -0.157. The minimum atomic E-state index is -0.396. The van der Waals surface area contributed by atoms with Crippen LogP contribution in [0.5, 0.6) is 0 Å². The number of hydrogen-bond acceptors (Lipinski definition) is 4. The van der Waals surface area contributed by atoms with E-state index in [1.54, 1.807) is 0 Å². The van der Waals surface area contributed by atoms with Crippen LogP contribution in [0, 0.1) is 0 Å². The maximum atomic E-state index is 11.7. The molecule has 0 saturated carbocycles. The van der Waals surface area contributed by atoms with Crippen LogP contribution in [0.3, 0.4) is 0 Å². The molecule has 0 aliphatic carbocycles. The second kappa shape index (κ2) is 5.15. The summed E-state index contributed by atoms with van der Waals surface area (Å²) in [5.41, 5.74) is 5.48. The van der Waals surface area contributed by atoms with Gasteiger partial charge in [0.25, 0.3) is 0 Å². The van der Waals surface area contributed by atoms with E-state index in [4.69, 9.17) is 10.5 Å². The minimum absolute atomic E-state index is 0.144. The summed E-state index contributed by atoms with van der Waals surface area (Å²) >= 11 is 0. The highest BCUT2D eigenvalue weighted by Gasteiger charge is 2.26. The topological polar surface area (TPSA) is 55.6 Å². The average molecular weight is 228 g/mol. The summed E-state index contributed by atoms with van der Waals surface area (Å²) in [5.74, 6) is -0.144. The van der Waals surface area contributed by atoms with Crippen LogP contribution in [-0.4, -0.2) is 41.6 Å². The van der Waals surface area contributed by atoms with Crippen molar-refractivity contribution in [3.05, 3.63) is 0 Å². The van der Waals surface area contributed by atoms with Gasteiger partial charge in [-0.2, -0.15) is 0 Å². The third-order valence-corrected chi connectivity index (χ3v) is 2.81. The largest absolute Gasteiger partial charge is 0.459 e. The molecule has 1 rings (SSSR count). The van der Waals surface area contributed by atoms with Gasteiger partial charge in [-0.25, -0.2) is 0 Å². The van der Waals surface area contributed by atoms with Gasteiger partial charge in [0.15, 0.2) is 0 Å². The Kier molecular flexibility index (Phi) is 4.33. The number of likely N-dealkylation sites (tertiary alicyclic amines) is 1. The summed E-state index contributed by atoms with van der Waals surface area (Å²) in [5, 5.41) is 0. The van der Waals surface area contributed by atoms with Gasteiger partial charge in [0.05, 0.1) is 6.54 Å². The Balaban J connectivity index is 2.39. The highest BCUT2D eigenvalue weighted by molar-refractivity contribution is 5.72. The summed E-state index contributed by atoms with van der Waals surface area (Å²) in [4.78, 5) is 13.8. The number of ether oxygens (including phenoxy) is 1. The van der Waals surface area contributed by atoms with E-state index in [9.17, 15) is 4.79 Å². The van der Waals surface area contributed by atoms with Gasteiger partial charge in [-0.15, -0.1) is 0 Å². The molecule has 0 amide bonds. The van der Waals surface area contributed by atoms with Crippen molar-refractivity contribution < 1.29 is 9.53 Å². The van der Waals surface area contributed by atoms with E-state index in [2.05, 4.69) is 11.8 Å². The number of nitrogens with two attached hydrogens (primary N) is 1. The molecule has 0 aromatic heterocycles. The Labute approximate surface area is 98.1 Å². The van der Waals surface area contributed by atoms with Gasteiger partial charge in [0.1, 0.15) is 5.60 Å². The number of carbonyl (C=O) groups is 1. The predicted molar refractivity (Wildman–Crippen MR) is 64.1 cm³/mol. The van der Waals surface area contributed by atoms with E-state index < -0.39 is 5.60 Å². The molecule has 2 atom stereocenters. The molecule has 1 aliphatic heterocycles. The van der Waals surface area contributed by atoms with Crippen LogP contribution in [0.2, 0.25) is 0 Å². The standard InChI is InChI=1S/C12H24N2O2/c1-9-7-10(13)5-6-14(9)8-11(15)16-12(2,3)4/h9-10H,5-8,13H2,1-4H3. The minimum Gasteiger partial charge on any atom is -0.459 e. The smallest absolute Gasteiger partial charge is 0.320 e. The summed E-state index contributed by atoms with van der Waals surface area (Å²) in [7, 11) is 0. The molecule has 0 spiro atoms. The molecule has 1 fully saturated rings. The number of esters is 1. The van der Waals surface area contributed by atoms with Crippen LogP contribution in [0.4, 0.5) is 0 Å². The van der Waals surface area contributed by atoms with Crippen molar-refractivity contribution in [1.82, 2.24) is 4.90 Å². The number of hydrogen-bond donors (Lipinski definition) is 1. The zero-order valence-electron chi connectivity index (χ0n) is 10.8. The molecule has 0 aromatic rings. The van der Waals surface area contributed by atoms with Crippen LogP contribution in [-0.2, 0) is 9.53 Å². The van der Waals surface area contributed by atoms with E-state index in [0.29, 0.717) is 12.6 Å². The van der Waals surface area contributed by atoms with Crippen LogP contribution in [0.1, 0.15) is 40.5 Å². The van der Waals surface area contributed by atoms with E-state index in [1.165, 1.54) is 0 Å². The molecule has 0 bridgehead atoms. The lowest BCUT2D eigenvalue weighted by atomic mass is 9.99. The van der Waals surface area contributed by atoms with Gasteiger partial charge in [0, 0.05) is 18.6 Å². The quantitative estimate of drug-likeness (QED) is 0.720. The van der Waals surface area contributed by atoms with E-state index >= 15 is 0 Å². The summed E-state index contributed by atoms with van der Waals surface area (Å²) in [6.45, 7) is 9.05. The molecule has 2 N–H and O–H groups in total. The van der Waals surface area contributed by atoms with Crippen molar-refractivity contribution in [3.8, 4) is 0 Å². The second-order valence-electron chi connectivity index (χ2n) is 5.69. The van der Waals surface area contributed by atoms with E-state index in [1.807, 2.05) is 20.8 Å². The fraction of sp³-hybridized carbons (Fsp3) is 0.917. The number of nitrogens with zero attached hydrogens (tertiary/aromatic N) is 1. The average Bonchev–Trinajstić information content (AvgIpc) is 2.06. The number of rotatable bonds is 2. The van der Waals surface area contributed by atoms with E-state index in [0.717, 1.165) is 19.4 Å². The van der Waals surface area contributed by atoms with Crippen molar-refractivity contribution in [2.24, 2.45) is 5.73 Å². The first-order valence-corrected chi connectivity index (χ1v) is 5.99. The Morgan fingerprint density at radius 1 is 1.50 bits per heavy atom. The monoisotopic (exact) mass is 228 g/mol. The third kappa shape index (κ3) is 4.49. The van der Waals surface area contributed by atoms with E-state index in [-0.39, 0.29) is 12.0 Å². The fourth-order valence-corrected chi connectivity index (χ4v) is 2.03. The maximum absolute atomic E-state index is 11.7. The van der Waals surface area contributed by atoms with Gasteiger partial charge >= 0.3 is 5.97 Å². The second-order valence-corrected chi connectivity index (χ2v) is 5.69. The molecule has 1 heterocycles. The van der Waals surface area contributed by atoms with Crippen LogP contribution in [0.25, 0.3) is 0 Å². The first-order chi connectivity index (χ1) is 7.28. The first-order valence-electron chi connectivity index (χ1n) is 5.99. The van der Waals surface area contributed by atoms with Gasteiger partial charge in [-0.1, -0.05) is 0 Å². The molecule has 94 valence electrons. The lowest BCUT2D eigenvalue weighted by Crippen LogP contribution is -2.48. The highest BCUT2D eigenvalue weighted by atomic mass is 16.6. The summed E-state index contributed by atoms with van der Waals surface area (Å²) < 4.78 is 5.30. The SMILES string of the molecule is CC1CC(N)CCN1CC(=O)OC(C)(C)C. The van der Waals surface area contributed by atoms with Gasteiger partial charge in [-0.05, 0) is 40.5 Å². The first kappa shape index (κ1) is 13.5. The molecular weight excluding hydrogens is 204 g/mol. The van der Waals surface area contributed by atoms with Crippen LogP contribution in [0.15, 0.2) is 0 Å². The van der Waals surface area contributed by atoms with Gasteiger partial charge < -0.3 is 10.5 Å². The predicted octanol–water partition coefficient (Wildman–Crippen LogP) is 1.14. The van der Waals surface area contributed by atoms with Gasteiger partial charge in [-0.3, -0.25) is 9.69 Å². The van der Waals surface area contributed by atoms with Gasteiger partial charge in [0.2, 0.25) is 0 Å². The number of piperidine rings is 1. The Morgan fingerprint density at radius 2 is 2.12 bits per heavy atom. The zero-order chi connectivity index (χ0) is 12.3. The Morgan fingerprint density at radius 3 is 2.62 bits per heavy atom. The normalized spacial score (nSPS) is 27.8. The molecule has 16 heavy (non-hydrogen) atoms. The number of carbonyl (C=O) groups excluding carboxylic acids is 1. The molecular formula is C12H24N2O2. The molecule has 4 nitrogen and oxygen atoms in total. The summed E-state index contributed by atoms with van der Waals surface area (Å²) in [6, 6.07) is 0.654. The molecule has 1 saturated heterocycles. The fourth-order valence-electron chi connectivity index (χ4n) is 2.03. The maximum Gasteiger partial charge on any atom is 0.320 e. The van der Waals surface area contributed by atoms with Crippen molar-refractivity contribution >= 4 is 5.97 Å². The lowest BCUT2D eigenvalue weighted by Gasteiger charge is -2.36. The highest BCUT2D eigenvalue weighted by Crippen LogP contribution is 2.16. The molecule has 1 aliphatic rings. The van der Waals surface area contributed by atoms with Crippen LogP contribution < -0.4 is 5.73 Å². The summed E-state index contributed by atoms with van der Waals surface area (Å²) in [6.07, 6.45) is 1.93. The third-order valence-electron chi connectivity index (χ3n) is 2.81.